The Hall–Kier alpha value is -2.38. The van der Waals surface area contributed by atoms with Crippen LogP contribution in [0.5, 0.6) is 5.75 Å². The van der Waals surface area contributed by atoms with Gasteiger partial charge in [-0.05, 0) is 49.9 Å². The summed E-state index contributed by atoms with van der Waals surface area (Å²) in [6.45, 7) is 1.87. The first-order chi connectivity index (χ1) is 13.8. The minimum atomic E-state index is -0.571. The molecule has 0 saturated heterocycles. The van der Waals surface area contributed by atoms with Crippen molar-refractivity contribution in [3.05, 3.63) is 43.0 Å². The largest absolute Gasteiger partial charge is 0.492 e. The van der Waals surface area contributed by atoms with Crippen molar-refractivity contribution < 1.29 is 14.7 Å². The van der Waals surface area contributed by atoms with Crippen LogP contribution < -0.4 is 10.1 Å². The van der Waals surface area contributed by atoms with E-state index in [2.05, 4.69) is 15.5 Å². The maximum absolute atomic E-state index is 10.0. The highest BCUT2D eigenvalue weighted by Crippen LogP contribution is 2.42. The molecule has 0 aliphatic heterocycles. The summed E-state index contributed by atoms with van der Waals surface area (Å²) in [5, 5.41) is 17.5. The number of rotatable bonds is 12. The molecule has 0 bridgehead atoms. The minimum absolute atomic E-state index is 0.229. The Bertz CT molecular complexity index is 738. The van der Waals surface area contributed by atoms with Crippen molar-refractivity contribution >= 4 is 5.71 Å². The zero-order chi connectivity index (χ0) is 19.2. The number of hydrogen-bond acceptors (Lipinski definition) is 6. The molecule has 7 heteroatoms. The van der Waals surface area contributed by atoms with Crippen molar-refractivity contribution in [2.45, 2.75) is 31.8 Å². The number of nitrogens with zero attached hydrogens (tertiary/aromatic N) is 3. The molecular formula is C21H28N4O3. The van der Waals surface area contributed by atoms with Crippen LogP contribution in [0.25, 0.3) is 5.69 Å². The molecular weight excluding hydrogens is 356 g/mol. The molecule has 0 spiro atoms. The molecule has 1 aromatic heterocycles. The lowest BCUT2D eigenvalue weighted by Crippen LogP contribution is -2.32. The van der Waals surface area contributed by atoms with Crippen LogP contribution in [-0.2, 0) is 4.84 Å². The van der Waals surface area contributed by atoms with Gasteiger partial charge in [0, 0.05) is 43.0 Å². The van der Waals surface area contributed by atoms with Gasteiger partial charge in [-0.2, -0.15) is 0 Å². The van der Waals surface area contributed by atoms with Gasteiger partial charge < -0.3 is 24.6 Å². The van der Waals surface area contributed by atoms with Gasteiger partial charge in [0.1, 0.15) is 25.1 Å². The summed E-state index contributed by atoms with van der Waals surface area (Å²) in [5.41, 5.74) is 2.27. The summed E-state index contributed by atoms with van der Waals surface area (Å²) in [4.78, 5) is 9.43. The van der Waals surface area contributed by atoms with Crippen LogP contribution >= 0.6 is 0 Å². The van der Waals surface area contributed by atoms with Crippen molar-refractivity contribution in [1.82, 2.24) is 14.9 Å². The first-order valence-electron chi connectivity index (χ1n) is 10.1. The number of aliphatic hydroxyl groups is 1. The molecule has 2 N–H and O–H groups in total. The highest BCUT2D eigenvalue weighted by Gasteiger charge is 2.38. The fourth-order valence-corrected chi connectivity index (χ4v) is 3.13. The molecule has 150 valence electrons. The Morgan fingerprint density at radius 3 is 2.61 bits per heavy atom. The second-order valence-corrected chi connectivity index (χ2v) is 7.53. The second-order valence-electron chi connectivity index (χ2n) is 7.53. The summed E-state index contributed by atoms with van der Waals surface area (Å²) >= 11 is 0. The third-order valence-electron chi connectivity index (χ3n) is 4.99. The number of oxime groups is 1. The zero-order valence-corrected chi connectivity index (χ0v) is 16.0. The van der Waals surface area contributed by atoms with Crippen LogP contribution in [0.3, 0.4) is 0 Å². The number of imidazole rings is 1. The van der Waals surface area contributed by atoms with Gasteiger partial charge in [0.2, 0.25) is 0 Å². The van der Waals surface area contributed by atoms with E-state index in [4.69, 9.17) is 9.57 Å². The summed E-state index contributed by atoms with van der Waals surface area (Å²) < 4.78 is 7.66. The smallest absolute Gasteiger partial charge is 0.144 e. The predicted molar refractivity (Wildman–Crippen MR) is 107 cm³/mol. The lowest BCUT2D eigenvalue weighted by molar-refractivity contribution is 0.0393. The van der Waals surface area contributed by atoms with Gasteiger partial charge in [-0.25, -0.2) is 4.98 Å². The van der Waals surface area contributed by atoms with Gasteiger partial charge in [0.05, 0.1) is 12.0 Å². The lowest BCUT2D eigenvalue weighted by Gasteiger charge is -2.12. The molecule has 2 saturated carbocycles. The van der Waals surface area contributed by atoms with Gasteiger partial charge in [0.15, 0.2) is 0 Å². The number of aromatic nitrogens is 2. The molecule has 1 atom stereocenters. The van der Waals surface area contributed by atoms with E-state index in [0.29, 0.717) is 31.5 Å². The number of ether oxygens (including phenoxy) is 1. The highest BCUT2D eigenvalue weighted by molar-refractivity contribution is 5.92. The van der Waals surface area contributed by atoms with E-state index in [0.717, 1.165) is 11.4 Å². The van der Waals surface area contributed by atoms with Crippen molar-refractivity contribution in [3.8, 4) is 11.4 Å². The molecule has 1 aromatic carbocycles. The van der Waals surface area contributed by atoms with E-state index in [1.165, 1.54) is 31.4 Å². The quantitative estimate of drug-likeness (QED) is 0.334. The third kappa shape index (κ3) is 5.56. The van der Waals surface area contributed by atoms with Crippen LogP contribution in [0, 0.1) is 11.8 Å². The van der Waals surface area contributed by atoms with Crippen LogP contribution in [0.2, 0.25) is 0 Å². The van der Waals surface area contributed by atoms with E-state index in [9.17, 15) is 5.11 Å². The SMILES string of the molecule is OC(CNCCOc1ccc(-n2ccnc2)cc1)CON=C(C1CC1)C1CC1. The predicted octanol–water partition coefficient (Wildman–Crippen LogP) is 2.39. The highest BCUT2D eigenvalue weighted by atomic mass is 16.6. The summed E-state index contributed by atoms with van der Waals surface area (Å²) in [5.74, 6) is 2.11. The van der Waals surface area contributed by atoms with Gasteiger partial charge in [-0.3, -0.25) is 0 Å². The Labute approximate surface area is 165 Å². The molecule has 7 nitrogen and oxygen atoms in total. The second kappa shape index (κ2) is 9.21. The maximum atomic E-state index is 10.0. The molecule has 1 heterocycles. The van der Waals surface area contributed by atoms with E-state index in [-0.39, 0.29) is 6.61 Å². The number of benzene rings is 1. The topological polar surface area (TPSA) is 80.9 Å². The molecule has 4 rings (SSSR count). The molecule has 0 radical (unpaired) electrons. The monoisotopic (exact) mass is 384 g/mol. The zero-order valence-electron chi connectivity index (χ0n) is 16.0. The molecule has 28 heavy (non-hydrogen) atoms. The summed E-state index contributed by atoms with van der Waals surface area (Å²) in [6.07, 6.45) is 9.82. The Balaban J connectivity index is 1.08. The molecule has 2 aliphatic rings. The minimum Gasteiger partial charge on any atom is -0.492 e. The summed E-state index contributed by atoms with van der Waals surface area (Å²) in [7, 11) is 0. The molecule has 1 unspecified atom stereocenters. The molecule has 2 aromatic rings. The molecule has 0 amide bonds. The van der Waals surface area contributed by atoms with E-state index in [1.54, 1.807) is 12.5 Å². The van der Waals surface area contributed by atoms with E-state index < -0.39 is 6.10 Å². The molecule has 2 fully saturated rings. The lowest BCUT2D eigenvalue weighted by atomic mass is 10.2. The maximum Gasteiger partial charge on any atom is 0.144 e. The first-order valence-corrected chi connectivity index (χ1v) is 10.1. The van der Waals surface area contributed by atoms with Crippen LogP contribution in [0.1, 0.15) is 25.7 Å². The van der Waals surface area contributed by atoms with Crippen molar-refractivity contribution in [2.75, 3.05) is 26.3 Å². The van der Waals surface area contributed by atoms with Gasteiger partial charge in [-0.1, -0.05) is 5.16 Å². The number of nitrogens with one attached hydrogen (secondary N) is 1. The fourth-order valence-electron chi connectivity index (χ4n) is 3.13. The fraction of sp³-hybridized carbons (Fsp3) is 0.524. The summed E-state index contributed by atoms with van der Waals surface area (Å²) in [6, 6.07) is 7.86. The Morgan fingerprint density at radius 1 is 1.21 bits per heavy atom. The van der Waals surface area contributed by atoms with E-state index >= 15 is 0 Å². The van der Waals surface area contributed by atoms with Crippen molar-refractivity contribution in [1.29, 1.82) is 0 Å². The van der Waals surface area contributed by atoms with Crippen LogP contribution in [0.4, 0.5) is 0 Å². The average Bonchev–Trinajstić information content (AvgIpc) is 3.65. The average molecular weight is 384 g/mol. The van der Waals surface area contributed by atoms with Gasteiger partial charge in [-0.15, -0.1) is 0 Å². The Morgan fingerprint density at radius 2 is 1.96 bits per heavy atom. The van der Waals surface area contributed by atoms with E-state index in [1.807, 2.05) is 35.0 Å². The standard InChI is InChI=1S/C21H28N4O3/c26-19(14-28-24-21(16-1-2-16)17-3-4-17)13-22-10-12-27-20-7-5-18(6-8-20)25-11-9-23-15-25/h5-9,11,15-17,19,22,26H,1-4,10,12-14H2. The van der Waals surface area contributed by atoms with Crippen LogP contribution in [-0.4, -0.2) is 52.8 Å². The van der Waals surface area contributed by atoms with Gasteiger partial charge in [0.25, 0.3) is 0 Å². The normalized spacial score (nSPS) is 17.2. The molecule has 2 aliphatic carbocycles. The van der Waals surface area contributed by atoms with Crippen molar-refractivity contribution in [2.24, 2.45) is 17.0 Å². The van der Waals surface area contributed by atoms with Gasteiger partial charge >= 0.3 is 0 Å². The number of hydrogen-bond donors (Lipinski definition) is 2. The number of aliphatic hydroxyl groups excluding tert-OH is 1. The van der Waals surface area contributed by atoms with Crippen molar-refractivity contribution in [3.63, 3.8) is 0 Å². The van der Waals surface area contributed by atoms with Crippen LogP contribution in [0.15, 0.2) is 48.1 Å². The first kappa shape index (κ1) is 19.0. The third-order valence-corrected chi connectivity index (χ3v) is 4.99. The Kier molecular flexibility index (Phi) is 6.24.